The molecule has 0 saturated heterocycles. The van der Waals surface area contributed by atoms with Crippen molar-refractivity contribution in [2.24, 2.45) is 18.7 Å². The molecule has 0 aliphatic heterocycles. The van der Waals surface area contributed by atoms with Gasteiger partial charge in [0.1, 0.15) is 0 Å². The molecule has 1 aromatic heterocycles. The van der Waals surface area contributed by atoms with E-state index in [1.807, 2.05) is 12.1 Å². The Balaban J connectivity index is 2.79. The smallest absolute Gasteiger partial charge is 0.0672 e. The molecule has 1 aromatic carbocycles. The molecule has 18 heavy (non-hydrogen) atoms. The van der Waals surface area contributed by atoms with Crippen molar-refractivity contribution < 1.29 is 0 Å². The van der Waals surface area contributed by atoms with Crippen LogP contribution < -0.4 is 5.73 Å². The zero-order valence-corrected chi connectivity index (χ0v) is 12.3. The second kappa shape index (κ2) is 4.94. The number of benzene rings is 1. The summed E-state index contributed by atoms with van der Waals surface area (Å²) < 4.78 is 2.18. The maximum Gasteiger partial charge on any atom is 0.0672 e. The summed E-state index contributed by atoms with van der Waals surface area (Å²) in [4.78, 5) is 0. The predicted molar refractivity (Wildman–Crippen MR) is 79.3 cm³/mol. The summed E-state index contributed by atoms with van der Waals surface area (Å²) in [6, 6.07) is 6.11. The Morgan fingerprint density at radius 3 is 2.56 bits per heavy atom. The number of rotatable bonds is 3. The van der Waals surface area contributed by atoms with Crippen LogP contribution in [0.4, 0.5) is 0 Å². The Labute approximate surface area is 114 Å². The van der Waals surface area contributed by atoms with Gasteiger partial charge in [-0.25, -0.2) is 0 Å². The number of nitrogens with two attached hydrogens (primary N) is 1. The maximum atomic E-state index is 6.32. The van der Waals surface area contributed by atoms with Gasteiger partial charge in [-0.2, -0.15) is 0 Å². The number of para-hydroxylation sites is 1. The van der Waals surface area contributed by atoms with Gasteiger partial charge in [-0.1, -0.05) is 37.6 Å². The number of hydrogen-bond donors (Lipinski definition) is 1. The summed E-state index contributed by atoms with van der Waals surface area (Å²) in [5.74, 6) is 0.908. The molecule has 1 atom stereocenters. The summed E-state index contributed by atoms with van der Waals surface area (Å²) in [7, 11) is 2.07. The third-order valence-corrected chi connectivity index (χ3v) is 4.24. The fraction of sp³-hybridized carbons (Fsp3) is 0.467. The normalized spacial score (nSPS) is 13.5. The van der Waals surface area contributed by atoms with E-state index in [1.165, 1.54) is 16.6 Å². The molecule has 0 radical (unpaired) electrons. The molecule has 2 N–H and O–H groups in total. The van der Waals surface area contributed by atoms with Crippen LogP contribution >= 0.6 is 11.6 Å². The second-order valence-corrected chi connectivity index (χ2v) is 5.69. The zero-order valence-electron chi connectivity index (χ0n) is 11.5. The predicted octanol–water partition coefficient (Wildman–Crippen LogP) is 3.84. The zero-order chi connectivity index (χ0) is 13.4. The van der Waals surface area contributed by atoms with Gasteiger partial charge in [0.15, 0.2) is 0 Å². The first-order chi connectivity index (χ1) is 8.49. The van der Waals surface area contributed by atoms with Gasteiger partial charge < -0.3 is 10.3 Å². The standard InChI is InChI=1S/C15H21ClN2/c1-9(2)12(8-17)14-10(3)18(4)15-11(14)6-5-7-13(15)16/h5-7,9,12H,8,17H2,1-4H3. The first kappa shape index (κ1) is 13.4. The average Bonchev–Trinajstić information content (AvgIpc) is 2.56. The molecular weight excluding hydrogens is 244 g/mol. The molecule has 0 fully saturated rings. The minimum Gasteiger partial charge on any atom is -0.346 e. The Kier molecular flexibility index (Phi) is 3.69. The summed E-state index contributed by atoms with van der Waals surface area (Å²) in [6.07, 6.45) is 0. The number of halogens is 1. The first-order valence-corrected chi connectivity index (χ1v) is 6.80. The summed E-state index contributed by atoms with van der Waals surface area (Å²) in [5.41, 5.74) is 9.71. The molecule has 1 unspecified atom stereocenters. The molecule has 2 nitrogen and oxygen atoms in total. The van der Waals surface area contributed by atoms with Crippen molar-refractivity contribution in [1.82, 2.24) is 4.57 Å². The minimum absolute atomic E-state index is 0.382. The van der Waals surface area contributed by atoms with E-state index in [0.717, 1.165) is 10.5 Å². The highest BCUT2D eigenvalue weighted by atomic mass is 35.5. The lowest BCUT2D eigenvalue weighted by molar-refractivity contribution is 0.506. The van der Waals surface area contributed by atoms with Crippen LogP contribution in [-0.4, -0.2) is 11.1 Å². The molecule has 1 heterocycles. The molecule has 0 amide bonds. The van der Waals surface area contributed by atoms with E-state index >= 15 is 0 Å². The van der Waals surface area contributed by atoms with Crippen molar-refractivity contribution in [3.8, 4) is 0 Å². The summed E-state index contributed by atoms with van der Waals surface area (Å²) in [6.45, 7) is 7.27. The number of aromatic nitrogens is 1. The van der Waals surface area contributed by atoms with Crippen LogP contribution in [0.5, 0.6) is 0 Å². The number of hydrogen-bond acceptors (Lipinski definition) is 1. The van der Waals surface area contributed by atoms with Crippen molar-refractivity contribution in [3.05, 3.63) is 34.5 Å². The van der Waals surface area contributed by atoms with Crippen molar-refractivity contribution in [1.29, 1.82) is 0 Å². The highest BCUT2D eigenvalue weighted by Gasteiger charge is 2.23. The van der Waals surface area contributed by atoms with Crippen molar-refractivity contribution >= 4 is 22.5 Å². The molecule has 0 spiro atoms. The van der Waals surface area contributed by atoms with Gasteiger partial charge in [0.05, 0.1) is 10.5 Å². The molecule has 0 bridgehead atoms. The van der Waals surface area contributed by atoms with Crippen molar-refractivity contribution in [2.75, 3.05) is 6.54 Å². The summed E-state index contributed by atoms with van der Waals surface area (Å²) in [5, 5.41) is 2.05. The van der Waals surface area contributed by atoms with E-state index in [9.17, 15) is 0 Å². The Hall–Kier alpha value is -0.990. The van der Waals surface area contributed by atoms with E-state index in [2.05, 4.69) is 38.5 Å². The van der Waals surface area contributed by atoms with E-state index in [1.54, 1.807) is 0 Å². The third-order valence-electron chi connectivity index (χ3n) is 3.93. The van der Waals surface area contributed by atoms with Crippen LogP contribution in [0.15, 0.2) is 18.2 Å². The van der Waals surface area contributed by atoms with Gasteiger partial charge in [0.25, 0.3) is 0 Å². The van der Waals surface area contributed by atoms with Crippen LogP contribution in [0, 0.1) is 12.8 Å². The topological polar surface area (TPSA) is 30.9 Å². The maximum absolute atomic E-state index is 6.32. The van der Waals surface area contributed by atoms with Gasteiger partial charge in [-0.15, -0.1) is 0 Å². The number of aryl methyl sites for hydroxylation is 1. The molecule has 98 valence electrons. The SMILES string of the molecule is Cc1c(C(CN)C(C)C)c2cccc(Cl)c2n1C. The largest absolute Gasteiger partial charge is 0.346 e. The Bertz CT molecular complexity index is 569. The van der Waals surface area contributed by atoms with Crippen LogP contribution in [0.25, 0.3) is 10.9 Å². The van der Waals surface area contributed by atoms with E-state index in [0.29, 0.717) is 18.4 Å². The number of nitrogens with zero attached hydrogens (tertiary/aromatic N) is 1. The van der Waals surface area contributed by atoms with Crippen LogP contribution in [-0.2, 0) is 7.05 Å². The lowest BCUT2D eigenvalue weighted by atomic mass is 9.87. The minimum atomic E-state index is 0.382. The van der Waals surface area contributed by atoms with Crippen LogP contribution in [0.1, 0.15) is 31.0 Å². The monoisotopic (exact) mass is 264 g/mol. The second-order valence-electron chi connectivity index (χ2n) is 5.28. The van der Waals surface area contributed by atoms with Crippen LogP contribution in [0.3, 0.4) is 0 Å². The fourth-order valence-electron chi connectivity index (χ4n) is 2.81. The Morgan fingerprint density at radius 1 is 1.33 bits per heavy atom. The quantitative estimate of drug-likeness (QED) is 0.897. The number of fused-ring (bicyclic) bond motifs is 1. The van der Waals surface area contributed by atoms with E-state index < -0.39 is 0 Å². The average molecular weight is 265 g/mol. The summed E-state index contributed by atoms with van der Waals surface area (Å²) >= 11 is 6.32. The van der Waals surface area contributed by atoms with Gasteiger partial charge in [0.2, 0.25) is 0 Å². The van der Waals surface area contributed by atoms with E-state index in [-0.39, 0.29) is 0 Å². The van der Waals surface area contributed by atoms with Gasteiger partial charge in [-0.3, -0.25) is 0 Å². The van der Waals surface area contributed by atoms with Gasteiger partial charge >= 0.3 is 0 Å². The van der Waals surface area contributed by atoms with E-state index in [4.69, 9.17) is 17.3 Å². The van der Waals surface area contributed by atoms with Gasteiger partial charge in [-0.05, 0) is 31.0 Å². The molecular formula is C15H21ClN2. The molecule has 0 saturated carbocycles. The molecule has 2 rings (SSSR count). The lowest BCUT2D eigenvalue weighted by Crippen LogP contribution is -2.18. The lowest BCUT2D eigenvalue weighted by Gasteiger charge is -2.20. The van der Waals surface area contributed by atoms with Crippen LogP contribution in [0.2, 0.25) is 5.02 Å². The third kappa shape index (κ3) is 1.94. The Morgan fingerprint density at radius 2 is 2.00 bits per heavy atom. The fourth-order valence-corrected chi connectivity index (χ4v) is 3.11. The molecule has 0 aliphatic carbocycles. The highest BCUT2D eigenvalue weighted by Crippen LogP contribution is 2.37. The van der Waals surface area contributed by atoms with Gasteiger partial charge in [0, 0.05) is 24.0 Å². The van der Waals surface area contributed by atoms with Crippen molar-refractivity contribution in [2.45, 2.75) is 26.7 Å². The first-order valence-electron chi connectivity index (χ1n) is 6.42. The molecule has 2 aromatic rings. The highest BCUT2D eigenvalue weighted by molar-refractivity contribution is 6.35. The van der Waals surface area contributed by atoms with Crippen molar-refractivity contribution in [3.63, 3.8) is 0 Å². The molecule has 3 heteroatoms. The molecule has 0 aliphatic rings.